The van der Waals surface area contributed by atoms with E-state index in [1.165, 1.54) is 0 Å². The van der Waals surface area contributed by atoms with Gasteiger partial charge >= 0.3 is 0 Å². The van der Waals surface area contributed by atoms with Crippen LogP contribution in [-0.4, -0.2) is 66.7 Å². The van der Waals surface area contributed by atoms with Crippen LogP contribution >= 0.6 is 11.3 Å². The quantitative estimate of drug-likeness (QED) is 0.815. The molecule has 1 spiro atoms. The summed E-state index contributed by atoms with van der Waals surface area (Å²) < 4.78 is 32.1. The second kappa shape index (κ2) is 6.76. The summed E-state index contributed by atoms with van der Waals surface area (Å²) in [4.78, 5) is 6.88. The van der Waals surface area contributed by atoms with Crippen LogP contribution in [0.3, 0.4) is 0 Å². The molecule has 0 aromatic carbocycles. The van der Waals surface area contributed by atoms with Gasteiger partial charge in [0, 0.05) is 31.6 Å². The van der Waals surface area contributed by atoms with Crippen molar-refractivity contribution in [3.63, 3.8) is 0 Å². The normalized spacial score (nSPS) is 27.6. The fourth-order valence-electron chi connectivity index (χ4n) is 3.51. The van der Waals surface area contributed by atoms with Crippen LogP contribution in [0.4, 0.5) is 0 Å². The van der Waals surface area contributed by atoms with Gasteiger partial charge in [0.1, 0.15) is 0 Å². The average molecular weight is 360 g/mol. The Hall–Kier alpha value is -0.540. The molecule has 2 saturated heterocycles. The first-order valence-corrected chi connectivity index (χ1v) is 10.7. The number of likely N-dealkylation sites (tertiary alicyclic amines) is 1. The van der Waals surface area contributed by atoms with E-state index in [2.05, 4.69) is 15.3 Å². The maximum absolute atomic E-state index is 12.2. The van der Waals surface area contributed by atoms with E-state index in [1.54, 1.807) is 22.6 Å². The maximum atomic E-state index is 12.2. The molecule has 0 N–H and O–H groups in total. The molecule has 0 amide bonds. The lowest BCUT2D eigenvalue weighted by molar-refractivity contribution is -0.125. The highest BCUT2D eigenvalue weighted by Gasteiger charge is 2.43. The lowest BCUT2D eigenvalue weighted by Gasteiger charge is -2.47. The van der Waals surface area contributed by atoms with E-state index in [-0.39, 0.29) is 11.4 Å². The lowest BCUT2D eigenvalue weighted by Crippen LogP contribution is -2.60. The molecule has 2 aliphatic heterocycles. The third kappa shape index (κ3) is 3.93. The Morgan fingerprint density at radius 2 is 2.22 bits per heavy atom. The summed E-state index contributed by atoms with van der Waals surface area (Å²) in [5, 5.41) is 3.19. The number of piperidine rings is 1. The van der Waals surface area contributed by atoms with E-state index < -0.39 is 10.0 Å². The van der Waals surface area contributed by atoms with Crippen molar-refractivity contribution in [2.45, 2.75) is 38.8 Å². The SMILES string of the molecule is CCS(=O)(=O)N1CCO[C@]2(CCCN(Cc3csc(C)n3)C2)C1. The number of rotatable bonds is 4. The number of thiazole rings is 1. The molecule has 0 bridgehead atoms. The Labute approximate surface area is 142 Å². The monoisotopic (exact) mass is 359 g/mol. The van der Waals surface area contributed by atoms with Crippen molar-refractivity contribution in [3.8, 4) is 0 Å². The predicted octanol–water partition coefficient (Wildman–Crippen LogP) is 1.47. The number of morpholine rings is 1. The molecular weight excluding hydrogens is 334 g/mol. The van der Waals surface area contributed by atoms with Crippen molar-refractivity contribution in [1.82, 2.24) is 14.2 Å². The summed E-state index contributed by atoms with van der Waals surface area (Å²) in [6.07, 6.45) is 1.96. The third-order valence-electron chi connectivity index (χ3n) is 4.64. The van der Waals surface area contributed by atoms with Crippen LogP contribution in [0.2, 0.25) is 0 Å². The number of hydrogen-bond acceptors (Lipinski definition) is 6. The van der Waals surface area contributed by atoms with Gasteiger partial charge in [-0.2, -0.15) is 4.31 Å². The first kappa shape index (κ1) is 17.3. The van der Waals surface area contributed by atoms with Gasteiger partial charge in [-0.05, 0) is 33.2 Å². The minimum atomic E-state index is -3.15. The van der Waals surface area contributed by atoms with E-state index >= 15 is 0 Å². The van der Waals surface area contributed by atoms with Crippen molar-refractivity contribution in [3.05, 3.63) is 16.1 Å². The van der Waals surface area contributed by atoms with Gasteiger partial charge in [-0.15, -0.1) is 11.3 Å². The van der Waals surface area contributed by atoms with Crippen molar-refractivity contribution in [1.29, 1.82) is 0 Å². The average Bonchev–Trinajstić information content (AvgIpc) is 2.92. The highest BCUT2D eigenvalue weighted by atomic mass is 32.2. The molecule has 1 aromatic rings. The zero-order valence-corrected chi connectivity index (χ0v) is 15.5. The van der Waals surface area contributed by atoms with Crippen molar-refractivity contribution < 1.29 is 13.2 Å². The van der Waals surface area contributed by atoms with Gasteiger partial charge in [-0.3, -0.25) is 4.90 Å². The van der Waals surface area contributed by atoms with E-state index in [9.17, 15) is 8.42 Å². The summed E-state index contributed by atoms with van der Waals surface area (Å²) in [6, 6.07) is 0. The molecule has 1 atom stereocenters. The number of ether oxygens (including phenoxy) is 1. The largest absolute Gasteiger partial charge is 0.371 e. The van der Waals surface area contributed by atoms with E-state index in [1.807, 2.05) is 6.92 Å². The molecule has 3 rings (SSSR count). The molecule has 0 saturated carbocycles. The van der Waals surface area contributed by atoms with Crippen molar-refractivity contribution in [2.75, 3.05) is 38.5 Å². The number of sulfonamides is 1. The summed E-state index contributed by atoms with van der Waals surface area (Å²) >= 11 is 1.67. The third-order valence-corrected chi connectivity index (χ3v) is 7.29. The molecule has 0 unspecified atom stereocenters. The van der Waals surface area contributed by atoms with E-state index in [0.29, 0.717) is 19.7 Å². The van der Waals surface area contributed by atoms with Gasteiger partial charge in [-0.1, -0.05) is 0 Å². The molecule has 23 heavy (non-hydrogen) atoms. The van der Waals surface area contributed by atoms with Crippen LogP contribution in [0.5, 0.6) is 0 Å². The summed E-state index contributed by atoms with van der Waals surface area (Å²) in [5.41, 5.74) is 0.738. The molecular formula is C15H25N3O3S2. The van der Waals surface area contributed by atoms with Crippen LogP contribution in [0.25, 0.3) is 0 Å². The highest BCUT2D eigenvalue weighted by molar-refractivity contribution is 7.89. The summed E-state index contributed by atoms with van der Waals surface area (Å²) in [7, 11) is -3.15. The standard InChI is InChI=1S/C15H25N3O3S2/c1-3-23(19,20)18-7-8-21-15(12-18)5-4-6-17(11-15)9-14-10-22-13(2)16-14/h10H,3-9,11-12H2,1-2H3/t15-/m0/s1. The van der Waals surface area contributed by atoms with Crippen LogP contribution in [-0.2, 0) is 21.3 Å². The molecule has 8 heteroatoms. The Bertz CT molecular complexity index is 642. The summed E-state index contributed by atoms with van der Waals surface area (Å²) in [6.45, 7) is 7.78. The van der Waals surface area contributed by atoms with Gasteiger partial charge in [0.25, 0.3) is 0 Å². The Morgan fingerprint density at radius 3 is 2.91 bits per heavy atom. The first-order chi connectivity index (χ1) is 10.9. The minimum Gasteiger partial charge on any atom is -0.371 e. The van der Waals surface area contributed by atoms with Gasteiger partial charge in [-0.25, -0.2) is 13.4 Å². The van der Waals surface area contributed by atoms with Crippen molar-refractivity contribution in [2.24, 2.45) is 0 Å². The Balaban J connectivity index is 1.69. The summed E-state index contributed by atoms with van der Waals surface area (Å²) in [5.74, 6) is 0.158. The molecule has 0 aliphatic carbocycles. The van der Waals surface area contributed by atoms with E-state index in [4.69, 9.17) is 4.74 Å². The maximum Gasteiger partial charge on any atom is 0.214 e. The van der Waals surface area contributed by atoms with Crippen LogP contribution in [0.15, 0.2) is 5.38 Å². The fourth-order valence-corrected chi connectivity index (χ4v) is 5.27. The zero-order chi connectivity index (χ0) is 16.5. The molecule has 0 radical (unpaired) electrons. The molecule has 1 aromatic heterocycles. The molecule has 2 aliphatic rings. The minimum absolute atomic E-state index is 0.158. The van der Waals surface area contributed by atoms with Gasteiger partial charge in [0.15, 0.2) is 0 Å². The number of hydrogen-bond donors (Lipinski definition) is 0. The first-order valence-electron chi connectivity index (χ1n) is 8.18. The smallest absolute Gasteiger partial charge is 0.214 e. The van der Waals surface area contributed by atoms with Crippen LogP contribution < -0.4 is 0 Å². The fraction of sp³-hybridized carbons (Fsp3) is 0.800. The zero-order valence-electron chi connectivity index (χ0n) is 13.8. The topological polar surface area (TPSA) is 62.7 Å². The van der Waals surface area contributed by atoms with Crippen LogP contribution in [0, 0.1) is 6.92 Å². The van der Waals surface area contributed by atoms with Crippen LogP contribution in [0.1, 0.15) is 30.5 Å². The van der Waals surface area contributed by atoms with Gasteiger partial charge in [0.05, 0.1) is 28.7 Å². The highest BCUT2D eigenvalue weighted by Crippen LogP contribution is 2.31. The predicted molar refractivity (Wildman–Crippen MR) is 91.1 cm³/mol. The number of nitrogens with zero attached hydrogens (tertiary/aromatic N) is 3. The second-order valence-electron chi connectivity index (χ2n) is 6.44. The molecule has 3 heterocycles. The van der Waals surface area contributed by atoms with Gasteiger partial charge < -0.3 is 4.74 Å². The van der Waals surface area contributed by atoms with Crippen molar-refractivity contribution >= 4 is 21.4 Å². The molecule has 2 fully saturated rings. The second-order valence-corrected chi connectivity index (χ2v) is 9.76. The molecule has 6 nitrogen and oxygen atoms in total. The number of aromatic nitrogens is 1. The number of aryl methyl sites for hydroxylation is 1. The van der Waals surface area contributed by atoms with Gasteiger partial charge in [0.2, 0.25) is 10.0 Å². The van der Waals surface area contributed by atoms with E-state index in [0.717, 1.165) is 43.2 Å². The Kier molecular flexibility index (Phi) is 5.08. The molecule has 130 valence electrons. The Morgan fingerprint density at radius 1 is 1.39 bits per heavy atom. The lowest BCUT2D eigenvalue weighted by atomic mass is 9.91.